The fraction of sp³-hybridized carbons (Fsp3) is 0.500. The Morgan fingerprint density at radius 3 is 2.67 bits per heavy atom. The first-order chi connectivity index (χ1) is 8.65. The van der Waals surface area contributed by atoms with Crippen LogP contribution < -0.4 is 0 Å². The molecule has 0 spiro atoms. The molecule has 1 amide bonds. The largest absolute Gasteiger partial charge is 0.445 e. The molecule has 98 valence electrons. The van der Waals surface area contributed by atoms with E-state index < -0.39 is 0 Å². The summed E-state index contributed by atoms with van der Waals surface area (Å²) in [5, 5.41) is 9.19. The van der Waals surface area contributed by atoms with Crippen LogP contribution in [0.2, 0.25) is 0 Å². The molecular formula is C14H19NO3. The van der Waals surface area contributed by atoms with Gasteiger partial charge in [-0.2, -0.15) is 0 Å². The summed E-state index contributed by atoms with van der Waals surface area (Å²) in [6.45, 7) is 0.960. The van der Waals surface area contributed by atoms with Crippen molar-refractivity contribution in [2.24, 2.45) is 5.92 Å². The number of aliphatic hydroxyl groups excluding tert-OH is 1. The lowest BCUT2D eigenvalue weighted by Gasteiger charge is -2.34. The molecule has 2 rings (SSSR count). The van der Waals surface area contributed by atoms with Gasteiger partial charge in [-0.15, -0.1) is 0 Å². The molecule has 0 atom stereocenters. The highest BCUT2D eigenvalue weighted by Crippen LogP contribution is 2.27. The van der Waals surface area contributed by atoms with Crippen LogP contribution in [0.25, 0.3) is 0 Å². The standard InChI is InChI=1S/C14H19NO3/c1-15(9-12-7-13(16)8-12)14(17)18-10-11-5-3-2-4-6-11/h2-6,12-13,16H,7-10H2,1H3/t12-,13+. The minimum atomic E-state index is -0.305. The number of nitrogens with zero attached hydrogens (tertiary/aromatic N) is 1. The molecule has 1 aliphatic rings. The highest BCUT2D eigenvalue weighted by molar-refractivity contribution is 5.67. The fourth-order valence-corrected chi connectivity index (χ4v) is 2.14. The van der Waals surface area contributed by atoms with Crippen LogP contribution in [0.15, 0.2) is 30.3 Å². The summed E-state index contributed by atoms with van der Waals surface area (Å²) < 4.78 is 5.21. The minimum Gasteiger partial charge on any atom is -0.445 e. The first kappa shape index (κ1) is 12.9. The van der Waals surface area contributed by atoms with Gasteiger partial charge in [0, 0.05) is 13.6 Å². The zero-order chi connectivity index (χ0) is 13.0. The summed E-state index contributed by atoms with van der Waals surface area (Å²) in [5.41, 5.74) is 0.985. The lowest BCUT2D eigenvalue weighted by Crippen LogP contribution is -2.39. The van der Waals surface area contributed by atoms with E-state index in [2.05, 4.69) is 0 Å². The molecule has 1 fully saturated rings. The average Bonchev–Trinajstić information content (AvgIpc) is 2.35. The van der Waals surface area contributed by atoms with E-state index in [-0.39, 0.29) is 12.2 Å². The Morgan fingerprint density at radius 1 is 1.39 bits per heavy atom. The van der Waals surface area contributed by atoms with Gasteiger partial charge >= 0.3 is 6.09 Å². The van der Waals surface area contributed by atoms with Crippen molar-refractivity contribution in [2.75, 3.05) is 13.6 Å². The van der Waals surface area contributed by atoms with Crippen molar-refractivity contribution in [1.29, 1.82) is 0 Å². The highest BCUT2D eigenvalue weighted by Gasteiger charge is 2.29. The van der Waals surface area contributed by atoms with Gasteiger partial charge in [0.25, 0.3) is 0 Å². The zero-order valence-corrected chi connectivity index (χ0v) is 10.6. The molecule has 0 heterocycles. The number of aliphatic hydroxyl groups is 1. The third kappa shape index (κ3) is 3.47. The predicted octanol–water partition coefficient (Wildman–Crippen LogP) is 2.03. The number of hydrogen-bond acceptors (Lipinski definition) is 3. The van der Waals surface area contributed by atoms with Crippen LogP contribution in [0.1, 0.15) is 18.4 Å². The summed E-state index contributed by atoms with van der Waals surface area (Å²) in [7, 11) is 1.73. The molecule has 1 aromatic carbocycles. The maximum atomic E-state index is 11.7. The molecule has 1 saturated carbocycles. The SMILES string of the molecule is CN(C[C@H]1C[C@@H](O)C1)C(=O)OCc1ccccc1. The summed E-state index contributed by atoms with van der Waals surface area (Å²) in [5.74, 6) is 0.411. The molecule has 0 radical (unpaired) electrons. The lowest BCUT2D eigenvalue weighted by molar-refractivity contribution is 0.0244. The molecule has 1 aromatic rings. The van der Waals surface area contributed by atoms with E-state index in [0.717, 1.165) is 18.4 Å². The monoisotopic (exact) mass is 249 g/mol. The predicted molar refractivity (Wildman–Crippen MR) is 68.0 cm³/mol. The van der Waals surface area contributed by atoms with E-state index in [1.54, 1.807) is 11.9 Å². The van der Waals surface area contributed by atoms with Crippen molar-refractivity contribution >= 4 is 6.09 Å². The number of carbonyl (C=O) groups is 1. The van der Waals surface area contributed by atoms with Crippen molar-refractivity contribution < 1.29 is 14.6 Å². The first-order valence-electron chi connectivity index (χ1n) is 6.25. The summed E-state index contributed by atoms with van der Waals surface area (Å²) in [4.78, 5) is 13.3. The van der Waals surface area contributed by atoms with Crippen molar-refractivity contribution in [1.82, 2.24) is 4.90 Å². The highest BCUT2D eigenvalue weighted by atomic mass is 16.6. The quantitative estimate of drug-likeness (QED) is 0.888. The number of carbonyl (C=O) groups excluding carboxylic acids is 1. The molecular weight excluding hydrogens is 230 g/mol. The van der Waals surface area contributed by atoms with E-state index in [4.69, 9.17) is 4.74 Å². The van der Waals surface area contributed by atoms with Crippen molar-refractivity contribution in [3.63, 3.8) is 0 Å². The van der Waals surface area contributed by atoms with E-state index in [1.165, 1.54) is 0 Å². The van der Waals surface area contributed by atoms with E-state index in [9.17, 15) is 9.90 Å². The Kier molecular flexibility index (Phi) is 4.20. The van der Waals surface area contributed by atoms with Gasteiger partial charge in [-0.3, -0.25) is 0 Å². The first-order valence-corrected chi connectivity index (χ1v) is 6.25. The third-order valence-electron chi connectivity index (χ3n) is 3.26. The number of amides is 1. The van der Waals surface area contributed by atoms with Crippen molar-refractivity contribution in [3.8, 4) is 0 Å². The Hall–Kier alpha value is -1.55. The Bertz CT molecular complexity index is 387. The second-order valence-electron chi connectivity index (χ2n) is 4.91. The van der Waals surface area contributed by atoms with Crippen LogP contribution in [-0.4, -0.2) is 35.8 Å². The van der Waals surface area contributed by atoms with Crippen LogP contribution >= 0.6 is 0 Å². The van der Waals surface area contributed by atoms with E-state index >= 15 is 0 Å². The molecule has 4 heteroatoms. The fourth-order valence-electron chi connectivity index (χ4n) is 2.14. The van der Waals surface area contributed by atoms with Crippen molar-refractivity contribution in [2.45, 2.75) is 25.6 Å². The molecule has 18 heavy (non-hydrogen) atoms. The van der Waals surface area contributed by atoms with Crippen LogP contribution in [0.3, 0.4) is 0 Å². The van der Waals surface area contributed by atoms with Crippen LogP contribution in [0.5, 0.6) is 0 Å². The maximum absolute atomic E-state index is 11.7. The zero-order valence-electron chi connectivity index (χ0n) is 10.6. The molecule has 0 saturated heterocycles. The second kappa shape index (κ2) is 5.87. The molecule has 0 aromatic heterocycles. The molecule has 4 nitrogen and oxygen atoms in total. The van der Waals surface area contributed by atoms with Gasteiger partial charge in [0.1, 0.15) is 6.61 Å². The van der Waals surface area contributed by atoms with E-state index in [1.807, 2.05) is 30.3 Å². The number of hydrogen-bond donors (Lipinski definition) is 1. The average molecular weight is 249 g/mol. The van der Waals surface area contributed by atoms with Gasteiger partial charge in [0.15, 0.2) is 0 Å². The molecule has 0 unspecified atom stereocenters. The van der Waals surface area contributed by atoms with E-state index in [0.29, 0.717) is 19.1 Å². The van der Waals surface area contributed by atoms with Gasteiger partial charge in [-0.05, 0) is 24.3 Å². The minimum absolute atomic E-state index is 0.177. The summed E-state index contributed by atoms with van der Waals surface area (Å²) in [6.07, 6.45) is 1.09. The lowest BCUT2D eigenvalue weighted by atomic mass is 9.82. The van der Waals surface area contributed by atoms with Gasteiger partial charge in [0.2, 0.25) is 0 Å². The molecule has 0 aliphatic heterocycles. The van der Waals surface area contributed by atoms with Crippen LogP contribution in [0, 0.1) is 5.92 Å². The molecule has 0 bridgehead atoms. The van der Waals surface area contributed by atoms with Crippen molar-refractivity contribution in [3.05, 3.63) is 35.9 Å². The Labute approximate surface area is 107 Å². The summed E-state index contributed by atoms with van der Waals surface area (Å²) in [6, 6.07) is 9.62. The van der Waals surface area contributed by atoms with Crippen LogP contribution in [-0.2, 0) is 11.3 Å². The summed E-state index contributed by atoms with van der Waals surface area (Å²) >= 11 is 0. The smallest absolute Gasteiger partial charge is 0.409 e. The topological polar surface area (TPSA) is 49.8 Å². The number of benzene rings is 1. The Balaban J connectivity index is 1.71. The number of ether oxygens (including phenoxy) is 1. The Morgan fingerprint density at radius 2 is 2.06 bits per heavy atom. The second-order valence-corrected chi connectivity index (χ2v) is 4.91. The number of rotatable bonds is 4. The normalized spacial score (nSPS) is 22.1. The van der Waals surface area contributed by atoms with Crippen LogP contribution in [0.4, 0.5) is 4.79 Å². The molecule has 1 N–H and O–H groups in total. The molecule has 1 aliphatic carbocycles. The maximum Gasteiger partial charge on any atom is 0.409 e. The van der Waals surface area contributed by atoms with Gasteiger partial charge < -0.3 is 14.7 Å². The van der Waals surface area contributed by atoms with Gasteiger partial charge in [0.05, 0.1) is 6.10 Å². The third-order valence-corrected chi connectivity index (χ3v) is 3.26. The van der Waals surface area contributed by atoms with Gasteiger partial charge in [-0.1, -0.05) is 30.3 Å². The van der Waals surface area contributed by atoms with Gasteiger partial charge in [-0.25, -0.2) is 4.79 Å².